The van der Waals surface area contributed by atoms with E-state index in [1.807, 2.05) is 12.1 Å². The van der Waals surface area contributed by atoms with Crippen molar-refractivity contribution >= 4 is 11.4 Å². The smallest absolute Gasteiger partial charge is 0.115 e. The van der Waals surface area contributed by atoms with Crippen molar-refractivity contribution in [2.24, 2.45) is 0 Å². The van der Waals surface area contributed by atoms with Crippen LogP contribution in [0.5, 0.6) is 5.75 Å². The van der Waals surface area contributed by atoms with Gasteiger partial charge in [-0.3, -0.25) is 0 Å². The first kappa shape index (κ1) is 19.2. The van der Waals surface area contributed by atoms with Crippen LogP contribution in [-0.4, -0.2) is 5.11 Å². The van der Waals surface area contributed by atoms with E-state index in [2.05, 4.69) is 93.7 Å². The SMILES string of the molecule is CC1(C)c2ccccc2Nc2ccc(-c3ccc4c(c3)C(C)(C)c3cc(O)ccc3-4)cc21. The molecule has 0 aromatic heterocycles. The van der Waals surface area contributed by atoms with E-state index in [4.69, 9.17) is 0 Å². The summed E-state index contributed by atoms with van der Waals surface area (Å²) in [6.07, 6.45) is 0. The summed E-state index contributed by atoms with van der Waals surface area (Å²) in [5, 5.41) is 13.7. The summed E-state index contributed by atoms with van der Waals surface area (Å²) >= 11 is 0. The summed E-state index contributed by atoms with van der Waals surface area (Å²) in [6.45, 7) is 9.11. The number of phenols is 1. The molecule has 1 heterocycles. The second kappa shape index (κ2) is 6.26. The van der Waals surface area contributed by atoms with Crippen LogP contribution < -0.4 is 5.32 Å². The van der Waals surface area contributed by atoms with Crippen molar-refractivity contribution in [3.63, 3.8) is 0 Å². The van der Waals surface area contributed by atoms with Gasteiger partial charge < -0.3 is 10.4 Å². The lowest BCUT2D eigenvalue weighted by atomic mass is 9.73. The number of para-hydroxylation sites is 1. The van der Waals surface area contributed by atoms with Gasteiger partial charge in [0.15, 0.2) is 0 Å². The van der Waals surface area contributed by atoms with Gasteiger partial charge in [-0.2, -0.15) is 0 Å². The molecular formula is C30H27NO. The lowest BCUT2D eigenvalue weighted by Gasteiger charge is -2.36. The van der Waals surface area contributed by atoms with Gasteiger partial charge in [-0.15, -0.1) is 0 Å². The van der Waals surface area contributed by atoms with Gasteiger partial charge in [-0.25, -0.2) is 0 Å². The summed E-state index contributed by atoms with van der Waals surface area (Å²) < 4.78 is 0. The van der Waals surface area contributed by atoms with Gasteiger partial charge in [-0.1, -0.05) is 70.2 Å². The number of nitrogens with one attached hydrogen (secondary N) is 1. The van der Waals surface area contributed by atoms with Gasteiger partial charge in [0.05, 0.1) is 0 Å². The fourth-order valence-corrected chi connectivity index (χ4v) is 5.68. The van der Waals surface area contributed by atoms with Crippen LogP contribution in [-0.2, 0) is 10.8 Å². The second-order valence-electron chi connectivity index (χ2n) is 10.2. The molecule has 2 nitrogen and oxygen atoms in total. The molecule has 158 valence electrons. The molecule has 0 amide bonds. The van der Waals surface area contributed by atoms with E-state index in [1.165, 1.54) is 55.9 Å². The summed E-state index contributed by atoms with van der Waals surface area (Å²) in [5.74, 6) is 0.328. The van der Waals surface area contributed by atoms with Gasteiger partial charge in [-0.05, 0) is 80.9 Å². The van der Waals surface area contributed by atoms with E-state index >= 15 is 0 Å². The quantitative estimate of drug-likeness (QED) is 0.332. The Morgan fingerprint density at radius 3 is 1.91 bits per heavy atom. The maximum atomic E-state index is 10.1. The highest BCUT2D eigenvalue weighted by Crippen LogP contribution is 2.51. The number of hydrogen-bond acceptors (Lipinski definition) is 2. The molecule has 0 radical (unpaired) electrons. The molecule has 1 aliphatic carbocycles. The predicted octanol–water partition coefficient (Wildman–Crippen LogP) is 7.75. The number of benzene rings is 4. The van der Waals surface area contributed by atoms with Crippen LogP contribution in [0.2, 0.25) is 0 Å². The number of hydrogen-bond donors (Lipinski definition) is 2. The number of rotatable bonds is 1. The van der Waals surface area contributed by atoms with Crippen molar-refractivity contribution in [2.45, 2.75) is 38.5 Å². The van der Waals surface area contributed by atoms with Crippen LogP contribution in [0.15, 0.2) is 78.9 Å². The minimum absolute atomic E-state index is 0.0725. The van der Waals surface area contributed by atoms with E-state index in [-0.39, 0.29) is 10.8 Å². The first-order valence-corrected chi connectivity index (χ1v) is 11.3. The van der Waals surface area contributed by atoms with E-state index in [1.54, 1.807) is 6.07 Å². The third kappa shape index (κ3) is 2.53. The molecule has 0 unspecified atom stereocenters. The molecule has 2 heteroatoms. The molecule has 0 atom stereocenters. The maximum absolute atomic E-state index is 10.1. The molecule has 32 heavy (non-hydrogen) atoms. The number of anilines is 2. The zero-order valence-electron chi connectivity index (χ0n) is 19.0. The number of fused-ring (bicyclic) bond motifs is 5. The average molecular weight is 418 g/mol. The largest absolute Gasteiger partial charge is 0.508 e. The van der Waals surface area contributed by atoms with Crippen LogP contribution in [0.4, 0.5) is 11.4 Å². The zero-order valence-corrected chi connectivity index (χ0v) is 19.0. The Hall–Kier alpha value is -3.52. The molecule has 4 aromatic carbocycles. The van der Waals surface area contributed by atoms with E-state index in [9.17, 15) is 5.11 Å². The molecule has 0 saturated carbocycles. The summed E-state index contributed by atoms with van der Waals surface area (Å²) in [4.78, 5) is 0. The summed E-state index contributed by atoms with van der Waals surface area (Å²) in [7, 11) is 0. The third-order valence-electron chi connectivity index (χ3n) is 7.56. The molecule has 4 aromatic rings. The van der Waals surface area contributed by atoms with Crippen molar-refractivity contribution in [2.75, 3.05) is 5.32 Å². The fourth-order valence-electron chi connectivity index (χ4n) is 5.68. The van der Waals surface area contributed by atoms with Gasteiger partial charge in [0.1, 0.15) is 5.75 Å². The first-order valence-electron chi connectivity index (χ1n) is 11.3. The van der Waals surface area contributed by atoms with Crippen molar-refractivity contribution in [1.29, 1.82) is 0 Å². The second-order valence-corrected chi connectivity index (χ2v) is 10.2. The number of aromatic hydroxyl groups is 1. The standard InChI is InChI=1S/C30H27NO/c1-29(2)23-7-5-6-8-27(23)31-28-14-10-19(16-26(28)29)18-9-12-21-22-13-11-20(32)17-25(22)30(3,4)24(21)15-18/h5-17,31-32H,1-4H3. The van der Waals surface area contributed by atoms with Crippen molar-refractivity contribution in [1.82, 2.24) is 0 Å². The predicted molar refractivity (Wildman–Crippen MR) is 133 cm³/mol. The Morgan fingerprint density at radius 2 is 1.12 bits per heavy atom. The van der Waals surface area contributed by atoms with E-state index < -0.39 is 0 Å². The normalized spacial score (nSPS) is 16.4. The van der Waals surface area contributed by atoms with E-state index in [0.717, 1.165) is 0 Å². The average Bonchev–Trinajstić information content (AvgIpc) is 3.00. The highest BCUT2D eigenvalue weighted by molar-refractivity contribution is 5.85. The number of phenolic OH excluding ortho intramolecular Hbond substituents is 1. The van der Waals surface area contributed by atoms with Crippen molar-refractivity contribution < 1.29 is 5.11 Å². The van der Waals surface area contributed by atoms with Crippen LogP contribution >= 0.6 is 0 Å². The molecule has 0 spiro atoms. The maximum Gasteiger partial charge on any atom is 0.115 e. The van der Waals surface area contributed by atoms with Crippen molar-refractivity contribution in [3.8, 4) is 28.0 Å². The van der Waals surface area contributed by atoms with Crippen LogP contribution in [0, 0.1) is 0 Å². The van der Waals surface area contributed by atoms with Crippen LogP contribution in [0.25, 0.3) is 22.3 Å². The Balaban J connectivity index is 1.47. The Kier molecular flexibility index (Phi) is 3.75. The molecule has 1 aliphatic heterocycles. The monoisotopic (exact) mass is 417 g/mol. The Morgan fingerprint density at radius 1 is 0.562 bits per heavy atom. The van der Waals surface area contributed by atoms with Gasteiger partial charge in [0.2, 0.25) is 0 Å². The van der Waals surface area contributed by atoms with Crippen LogP contribution in [0.1, 0.15) is 49.9 Å². The topological polar surface area (TPSA) is 32.3 Å². The van der Waals surface area contributed by atoms with Gasteiger partial charge in [0.25, 0.3) is 0 Å². The highest BCUT2D eigenvalue weighted by atomic mass is 16.3. The molecule has 0 bridgehead atoms. The fraction of sp³-hybridized carbons (Fsp3) is 0.200. The third-order valence-corrected chi connectivity index (χ3v) is 7.56. The minimum Gasteiger partial charge on any atom is -0.508 e. The molecular weight excluding hydrogens is 390 g/mol. The van der Waals surface area contributed by atoms with Crippen LogP contribution in [0.3, 0.4) is 0 Å². The summed E-state index contributed by atoms with van der Waals surface area (Å²) in [5.41, 5.74) is 12.3. The summed E-state index contributed by atoms with van der Waals surface area (Å²) in [6, 6.07) is 27.9. The molecule has 0 saturated heterocycles. The molecule has 0 fully saturated rings. The molecule has 2 aliphatic rings. The highest BCUT2D eigenvalue weighted by Gasteiger charge is 2.36. The zero-order chi connectivity index (χ0) is 22.3. The first-order chi connectivity index (χ1) is 15.3. The molecule has 2 N–H and O–H groups in total. The Bertz CT molecular complexity index is 1410. The van der Waals surface area contributed by atoms with Gasteiger partial charge in [0, 0.05) is 22.2 Å². The minimum atomic E-state index is -0.145. The van der Waals surface area contributed by atoms with Gasteiger partial charge >= 0.3 is 0 Å². The molecule has 6 rings (SSSR count). The van der Waals surface area contributed by atoms with E-state index in [0.29, 0.717) is 5.75 Å². The van der Waals surface area contributed by atoms with Crippen molar-refractivity contribution in [3.05, 3.63) is 101 Å². The lowest BCUT2D eigenvalue weighted by molar-refractivity contribution is 0.473. The Labute approximate surface area is 189 Å². The lowest BCUT2D eigenvalue weighted by Crippen LogP contribution is -2.25.